The molecule has 2 heterocycles. The van der Waals surface area contributed by atoms with Gasteiger partial charge in [0.25, 0.3) is 0 Å². The van der Waals surface area contributed by atoms with Gasteiger partial charge in [0.2, 0.25) is 0 Å². The Hall–Kier alpha value is -1.82. The Bertz CT molecular complexity index is 582. The number of hydrogen-bond acceptors (Lipinski definition) is 5. The molecule has 2 aromatic heterocycles. The molecular formula is C14H21N5O. The summed E-state index contributed by atoms with van der Waals surface area (Å²) in [6.45, 7) is 0.230. The van der Waals surface area contributed by atoms with E-state index in [2.05, 4.69) is 20.6 Å². The maximum Gasteiger partial charge on any atom is 0.180 e. The van der Waals surface area contributed by atoms with Gasteiger partial charge in [-0.3, -0.25) is 0 Å². The Morgan fingerprint density at radius 2 is 2.25 bits per heavy atom. The predicted molar refractivity (Wildman–Crippen MR) is 79.0 cm³/mol. The van der Waals surface area contributed by atoms with Crippen LogP contribution in [0.1, 0.15) is 25.7 Å². The zero-order valence-electron chi connectivity index (χ0n) is 11.7. The number of rotatable bonds is 4. The Balaban J connectivity index is 1.90. The standard InChI is InChI=1S/C14H21N5O/c1-15-12-8-19-7-6-16-14(19)13(18-12)17-11-5-3-2-4-10(11)9-20/h6-8,10-11,15,20H,2-5,9H2,1H3,(H,17,18). The van der Waals surface area contributed by atoms with E-state index < -0.39 is 0 Å². The SMILES string of the molecule is CNc1cn2ccnc2c(NC2CCCCC2CO)n1. The van der Waals surface area contributed by atoms with Crippen LogP contribution in [0.25, 0.3) is 5.65 Å². The van der Waals surface area contributed by atoms with Gasteiger partial charge in [-0.2, -0.15) is 0 Å². The normalized spacial score (nSPS) is 22.9. The van der Waals surface area contributed by atoms with Crippen LogP contribution in [0.4, 0.5) is 11.6 Å². The van der Waals surface area contributed by atoms with Gasteiger partial charge >= 0.3 is 0 Å². The van der Waals surface area contributed by atoms with Crippen molar-refractivity contribution in [2.45, 2.75) is 31.7 Å². The van der Waals surface area contributed by atoms with E-state index >= 15 is 0 Å². The number of fused-ring (bicyclic) bond motifs is 1. The van der Waals surface area contributed by atoms with Crippen LogP contribution in [-0.2, 0) is 0 Å². The Morgan fingerprint density at radius 3 is 3.05 bits per heavy atom. The molecule has 1 aliphatic carbocycles. The first-order valence-electron chi connectivity index (χ1n) is 7.20. The Labute approximate surface area is 118 Å². The average molecular weight is 275 g/mol. The van der Waals surface area contributed by atoms with E-state index in [0.717, 1.165) is 30.1 Å². The van der Waals surface area contributed by atoms with Gasteiger partial charge in [-0.15, -0.1) is 0 Å². The highest BCUT2D eigenvalue weighted by atomic mass is 16.3. The van der Waals surface area contributed by atoms with Gasteiger partial charge in [0.05, 0.1) is 6.20 Å². The molecule has 1 saturated carbocycles. The van der Waals surface area contributed by atoms with E-state index in [0.29, 0.717) is 5.92 Å². The highest BCUT2D eigenvalue weighted by Gasteiger charge is 2.25. The maximum absolute atomic E-state index is 9.52. The van der Waals surface area contributed by atoms with Gasteiger partial charge in [0.15, 0.2) is 11.5 Å². The number of nitrogens with zero attached hydrogens (tertiary/aromatic N) is 3. The van der Waals surface area contributed by atoms with Crippen LogP contribution in [0.2, 0.25) is 0 Å². The van der Waals surface area contributed by atoms with E-state index in [1.165, 1.54) is 12.8 Å². The molecule has 0 saturated heterocycles. The molecule has 20 heavy (non-hydrogen) atoms. The second-order valence-electron chi connectivity index (χ2n) is 5.36. The summed E-state index contributed by atoms with van der Waals surface area (Å²) in [6, 6.07) is 0.272. The molecule has 2 aromatic rings. The van der Waals surface area contributed by atoms with Crippen molar-refractivity contribution in [3.63, 3.8) is 0 Å². The summed E-state index contributed by atoms with van der Waals surface area (Å²) >= 11 is 0. The summed E-state index contributed by atoms with van der Waals surface area (Å²) in [5, 5.41) is 16.1. The molecule has 1 fully saturated rings. The van der Waals surface area contributed by atoms with Gasteiger partial charge in [-0.05, 0) is 12.8 Å². The molecule has 2 atom stereocenters. The van der Waals surface area contributed by atoms with E-state index in [-0.39, 0.29) is 12.6 Å². The number of aliphatic hydroxyl groups excluding tert-OH is 1. The quantitative estimate of drug-likeness (QED) is 0.792. The fraction of sp³-hybridized carbons (Fsp3) is 0.571. The molecule has 0 spiro atoms. The third kappa shape index (κ3) is 2.43. The molecule has 0 aliphatic heterocycles. The van der Waals surface area contributed by atoms with Crippen LogP contribution >= 0.6 is 0 Å². The number of imidazole rings is 1. The summed E-state index contributed by atoms with van der Waals surface area (Å²) in [7, 11) is 1.85. The van der Waals surface area contributed by atoms with E-state index in [9.17, 15) is 5.11 Å². The summed E-state index contributed by atoms with van der Waals surface area (Å²) in [6.07, 6.45) is 10.1. The fourth-order valence-electron chi connectivity index (χ4n) is 2.94. The highest BCUT2D eigenvalue weighted by Crippen LogP contribution is 2.28. The lowest BCUT2D eigenvalue weighted by atomic mass is 9.85. The van der Waals surface area contributed by atoms with E-state index in [4.69, 9.17) is 0 Å². The first-order chi connectivity index (χ1) is 9.81. The first kappa shape index (κ1) is 13.2. The zero-order valence-corrected chi connectivity index (χ0v) is 11.7. The lowest BCUT2D eigenvalue weighted by Gasteiger charge is -2.31. The topological polar surface area (TPSA) is 74.5 Å². The molecule has 108 valence electrons. The predicted octanol–water partition coefficient (Wildman–Crippen LogP) is 1.73. The van der Waals surface area contributed by atoms with Crippen molar-refractivity contribution in [2.24, 2.45) is 5.92 Å². The molecule has 6 heteroatoms. The minimum absolute atomic E-state index is 0.230. The summed E-state index contributed by atoms with van der Waals surface area (Å²) in [5.74, 6) is 1.89. The lowest BCUT2D eigenvalue weighted by molar-refractivity contribution is 0.178. The Morgan fingerprint density at radius 1 is 1.40 bits per heavy atom. The monoisotopic (exact) mass is 275 g/mol. The van der Waals surface area contributed by atoms with Gasteiger partial charge in [0.1, 0.15) is 5.82 Å². The number of hydrogen-bond donors (Lipinski definition) is 3. The van der Waals surface area contributed by atoms with Crippen molar-refractivity contribution >= 4 is 17.3 Å². The molecule has 0 aromatic carbocycles. The van der Waals surface area contributed by atoms with Crippen LogP contribution in [-0.4, -0.2) is 39.2 Å². The van der Waals surface area contributed by atoms with Gasteiger partial charge in [-0.25, -0.2) is 9.97 Å². The van der Waals surface area contributed by atoms with Crippen LogP contribution in [0.5, 0.6) is 0 Å². The molecule has 1 aliphatic rings. The van der Waals surface area contributed by atoms with Crippen molar-refractivity contribution in [3.05, 3.63) is 18.6 Å². The molecule has 3 N–H and O–H groups in total. The molecule has 6 nitrogen and oxygen atoms in total. The van der Waals surface area contributed by atoms with Crippen molar-refractivity contribution in [1.29, 1.82) is 0 Å². The summed E-state index contributed by atoms with van der Waals surface area (Å²) in [4.78, 5) is 8.93. The molecule has 0 radical (unpaired) electrons. The first-order valence-corrected chi connectivity index (χ1v) is 7.20. The number of anilines is 2. The molecule has 3 rings (SSSR count). The van der Waals surface area contributed by atoms with Crippen molar-refractivity contribution in [3.8, 4) is 0 Å². The maximum atomic E-state index is 9.52. The zero-order chi connectivity index (χ0) is 13.9. The smallest absolute Gasteiger partial charge is 0.180 e. The largest absolute Gasteiger partial charge is 0.396 e. The molecule has 2 unspecified atom stereocenters. The van der Waals surface area contributed by atoms with E-state index in [1.807, 2.05) is 23.8 Å². The van der Waals surface area contributed by atoms with Crippen molar-refractivity contribution < 1.29 is 5.11 Å². The molecular weight excluding hydrogens is 254 g/mol. The lowest BCUT2D eigenvalue weighted by Crippen LogP contribution is -2.34. The highest BCUT2D eigenvalue weighted by molar-refractivity contribution is 5.65. The van der Waals surface area contributed by atoms with Crippen LogP contribution < -0.4 is 10.6 Å². The number of aliphatic hydroxyl groups is 1. The third-order valence-electron chi connectivity index (χ3n) is 4.10. The summed E-state index contributed by atoms with van der Waals surface area (Å²) in [5.41, 5.74) is 0.825. The van der Waals surface area contributed by atoms with E-state index in [1.54, 1.807) is 6.20 Å². The minimum atomic E-state index is 0.230. The molecule has 0 bridgehead atoms. The third-order valence-corrected chi connectivity index (χ3v) is 4.10. The molecule has 0 amide bonds. The minimum Gasteiger partial charge on any atom is -0.396 e. The van der Waals surface area contributed by atoms with Crippen molar-refractivity contribution in [2.75, 3.05) is 24.3 Å². The second kappa shape index (κ2) is 5.66. The Kier molecular flexibility index (Phi) is 3.73. The van der Waals surface area contributed by atoms with Crippen molar-refractivity contribution in [1.82, 2.24) is 14.4 Å². The van der Waals surface area contributed by atoms with Gasteiger partial charge in [-0.1, -0.05) is 12.8 Å². The average Bonchev–Trinajstić information content (AvgIpc) is 2.96. The van der Waals surface area contributed by atoms with Crippen LogP contribution in [0.3, 0.4) is 0 Å². The van der Waals surface area contributed by atoms with Gasteiger partial charge in [0, 0.05) is 38.0 Å². The number of nitrogens with one attached hydrogen (secondary N) is 2. The number of aromatic nitrogens is 3. The van der Waals surface area contributed by atoms with Crippen LogP contribution in [0.15, 0.2) is 18.6 Å². The summed E-state index contributed by atoms with van der Waals surface area (Å²) < 4.78 is 1.96. The fourth-order valence-corrected chi connectivity index (χ4v) is 2.94. The van der Waals surface area contributed by atoms with Crippen LogP contribution in [0, 0.1) is 5.92 Å². The van der Waals surface area contributed by atoms with Gasteiger partial charge < -0.3 is 20.1 Å². The second-order valence-corrected chi connectivity index (χ2v) is 5.36.